The molecule has 0 amide bonds. The molecule has 2 N–H and O–H groups in total. The second-order valence-corrected chi connectivity index (χ2v) is 6.52. The molecular weight excluding hydrogens is 282 g/mol. The lowest BCUT2D eigenvalue weighted by atomic mass is 10.0. The van der Waals surface area contributed by atoms with Crippen molar-refractivity contribution < 1.29 is 5.11 Å². The summed E-state index contributed by atoms with van der Waals surface area (Å²) in [6.07, 6.45) is 4.38. The zero-order valence-electron chi connectivity index (χ0n) is 11.6. The summed E-state index contributed by atoms with van der Waals surface area (Å²) in [5.41, 5.74) is 0. The number of hydrogen-bond acceptors (Lipinski definition) is 4. The zero-order valence-corrected chi connectivity index (χ0v) is 12.4. The van der Waals surface area contributed by atoms with Gasteiger partial charge in [0.2, 0.25) is 0 Å². The molecule has 1 aromatic carbocycles. The molecule has 4 rings (SSSR count). The average molecular weight is 299 g/mol. The summed E-state index contributed by atoms with van der Waals surface area (Å²) in [5.74, 6) is 0.960. The summed E-state index contributed by atoms with van der Waals surface area (Å²) in [6, 6.07) is 10.7. The SMILES string of the molecule is O[C@H]1CNCC[C@@H]1n1ccnc1-c1cc2ccccc2s1. The maximum absolute atomic E-state index is 10.2. The highest BCUT2D eigenvalue weighted by Crippen LogP contribution is 2.34. The molecule has 0 spiro atoms. The Morgan fingerprint density at radius 1 is 1.33 bits per heavy atom. The Morgan fingerprint density at radius 2 is 2.24 bits per heavy atom. The molecule has 2 aromatic heterocycles. The number of aliphatic hydroxyl groups excluding tert-OH is 1. The van der Waals surface area contributed by atoms with Gasteiger partial charge in [-0.1, -0.05) is 18.2 Å². The number of piperidine rings is 1. The monoisotopic (exact) mass is 299 g/mol. The fraction of sp³-hybridized carbons (Fsp3) is 0.312. The summed E-state index contributed by atoms with van der Waals surface area (Å²) >= 11 is 1.75. The van der Waals surface area contributed by atoms with E-state index in [2.05, 4.69) is 45.2 Å². The van der Waals surface area contributed by atoms with Gasteiger partial charge in [-0.15, -0.1) is 11.3 Å². The third-order valence-corrected chi connectivity index (χ3v) is 5.20. The number of fused-ring (bicyclic) bond motifs is 1. The summed E-state index contributed by atoms with van der Waals surface area (Å²) in [5, 5.41) is 14.7. The number of benzene rings is 1. The Balaban J connectivity index is 1.77. The number of β-amino-alcohol motifs (C(OH)–C–C–N with tert-alkyl or cyclic N) is 1. The molecular formula is C16H17N3OS. The van der Waals surface area contributed by atoms with Crippen molar-refractivity contribution in [3.05, 3.63) is 42.7 Å². The first kappa shape index (κ1) is 13.0. The predicted octanol–water partition coefficient (Wildman–Crippen LogP) is 2.66. The van der Waals surface area contributed by atoms with Gasteiger partial charge in [0.15, 0.2) is 0 Å². The second kappa shape index (κ2) is 5.26. The van der Waals surface area contributed by atoms with Crippen LogP contribution >= 0.6 is 11.3 Å². The van der Waals surface area contributed by atoms with Crippen molar-refractivity contribution in [3.8, 4) is 10.7 Å². The highest BCUT2D eigenvalue weighted by Gasteiger charge is 2.26. The first-order valence-corrected chi connectivity index (χ1v) is 8.05. The van der Waals surface area contributed by atoms with Gasteiger partial charge in [-0.05, 0) is 30.5 Å². The van der Waals surface area contributed by atoms with E-state index < -0.39 is 0 Å². The van der Waals surface area contributed by atoms with Crippen LogP contribution in [0, 0.1) is 0 Å². The first-order chi connectivity index (χ1) is 10.3. The van der Waals surface area contributed by atoms with E-state index in [-0.39, 0.29) is 12.1 Å². The largest absolute Gasteiger partial charge is 0.390 e. The number of hydrogen-bond donors (Lipinski definition) is 2. The molecule has 0 saturated carbocycles. The predicted molar refractivity (Wildman–Crippen MR) is 85.6 cm³/mol. The molecule has 0 bridgehead atoms. The fourth-order valence-corrected chi connectivity index (χ4v) is 4.08. The molecule has 1 saturated heterocycles. The van der Waals surface area contributed by atoms with Crippen molar-refractivity contribution in [1.82, 2.24) is 14.9 Å². The number of thiophene rings is 1. The molecule has 1 aliphatic rings. The normalized spacial score (nSPS) is 22.7. The van der Waals surface area contributed by atoms with Gasteiger partial charge in [0.25, 0.3) is 0 Å². The van der Waals surface area contributed by atoms with Crippen LogP contribution in [0.4, 0.5) is 0 Å². The Kier molecular flexibility index (Phi) is 3.25. The van der Waals surface area contributed by atoms with Crippen LogP contribution in [0.5, 0.6) is 0 Å². The average Bonchev–Trinajstić information content (AvgIpc) is 3.13. The standard InChI is InChI=1S/C16H17N3OS/c20-13-10-17-6-5-12(13)19-8-7-18-16(19)15-9-11-3-1-2-4-14(11)21-15/h1-4,7-9,12-13,17,20H,5-6,10H2/t12-,13-/m0/s1. The summed E-state index contributed by atoms with van der Waals surface area (Å²) in [4.78, 5) is 5.69. The van der Waals surface area contributed by atoms with Crippen LogP contribution in [0.25, 0.3) is 20.8 Å². The van der Waals surface area contributed by atoms with Crippen molar-refractivity contribution in [2.24, 2.45) is 0 Å². The van der Waals surface area contributed by atoms with E-state index in [1.807, 2.05) is 12.4 Å². The van der Waals surface area contributed by atoms with Gasteiger partial charge in [-0.25, -0.2) is 4.98 Å². The summed E-state index contributed by atoms with van der Waals surface area (Å²) in [6.45, 7) is 1.58. The van der Waals surface area contributed by atoms with Gasteiger partial charge >= 0.3 is 0 Å². The van der Waals surface area contributed by atoms with Crippen molar-refractivity contribution >= 4 is 21.4 Å². The molecule has 1 aliphatic heterocycles. The molecule has 1 fully saturated rings. The molecule has 0 radical (unpaired) electrons. The minimum absolute atomic E-state index is 0.106. The quantitative estimate of drug-likeness (QED) is 0.765. The molecule has 5 heteroatoms. The van der Waals surface area contributed by atoms with Gasteiger partial charge in [-0.3, -0.25) is 0 Å². The third-order valence-electron chi connectivity index (χ3n) is 4.09. The van der Waals surface area contributed by atoms with Crippen molar-refractivity contribution in [2.45, 2.75) is 18.6 Å². The van der Waals surface area contributed by atoms with E-state index >= 15 is 0 Å². The number of imidazole rings is 1. The molecule has 3 heterocycles. The minimum atomic E-state index is -0.360. The number of aromatic nitrogens is 2. The maximum Gasteiger partial charge on any atom is 0.150 e. The maximum atomic E-state index is 10.2. The Bertz CT molecular complexity index is 731. The Labute approximate surface area is 127 Å². The third kappa shape index (κ3) is 2.27. The zero-order chi connectivity index (χ0) is 14.2. The molecule has 2 atom stereocenters. The number of nitrogens with zero attached hydrogens (tertiary/aromatic N) is 2. The van der Waals surface area contributed by atoms with Crippen LogP contribution in [0.2, 0.25) is 0 Å². The van der Waals surface area contributed by atoms with Gasteiger partial charge in [-0.2, -0.15) is 0 Å². The van der Waals surface area contributed by atoms with Crippen LogP contribution in [0.1, 0.15) is 12.5 Å². The lowest BCUT2D eigenvalue weighted by molar-refractivity contribution is 0.0880. The Hall–Kier alpha value is -1.69. The van der Waals surface area contributed by atoms with E-state index in [9.17, 15) is 5.11 Å². The first-order valence-electron chi connectivity index (χ1n) is 7.23. The summed E-state index contributed by atoms with van der Waals surface area (Å²) in [7, 11) is 0. The molecule has 21 heavy (non-hydrogen) atoms. The van der Waals surface area contributed by atoms with Crippen molar-refractivity contribution in [1.29, 1.82) is 0 Å². The Morgan fingerprint density at radius 3 is 3.10 bits per heavy atom. The molecule has 108 valence electrons. The highest BCUT2D eigenvalue weighted by atomic mass is 32.1. The van der Waals surface area contributed by atoms with E-state index in [1.54, 1.807) is 11.3 Å². The highest BCUT2D eigenvalue weighted by molar-refractivity contribution is 7.22. The van der Waals surface area contributed by atoms with E-state index in [0.29, 0.717) is 6.54 Å². The number of aliphatic hydroxyl groups is 1. The number of rotatable bonds is 2. The molecule has 0 aliphatic carbocycles. The van der Waals surface area contributed by atoms with Gasteiger partial charge in [0.1, 0.15) is 5.82 Å². The molecule has 3 aromatic rings. The van der Waals surface area contributed by atoms with Crippen molar-refractivity contribution in [2.75, 3.05) is 13.1 Å². The second-order valence-electron chi connectivity index (χ2n) is 5.43. The van der Waals surface area contributed by atoms with E-state index in [1.165, 1.54) is 10.1 Å². The summed E-state index contributed by atoms with van der Waals surface area (Å²) < 4.78 is 3.41. The lowest BCUT2D eigenvalue weighted by Gasteiger charge is -2.30. The van der Waals surface area contributed by atoms with Gasteiger partial charge < -0.3 is 15.0 Å². The minimum Gasteiger partial charge on any atom is -0.390 e. The van der Waals surface area contributed by atoms with Crippen LogP contribution in [0.15, 0.2) is 42.7 Å². The van der Waals surface area contributed by atoms with E-state index in [0.717, 1.165) is 23.7 Å². The van der Waals surface area contributed by atoms with Crippen LogP contribution in [0.3, 0.4) is 0 Å². The van der Waals surface area contributed by atoms with Crippen LogP contribution in [-0.4, -0.2) is 33.9 Å². The van der Waals surface area contributed by atoms with E-state index in [4.69, 9.17) is 0 Å². The van der Waals surface area contributed by atoms with Gasteiger partial charge in [0.05, 0.1) is 17.0 Å². The smallest absolute Gasteiger partial charge is 0.150 e. The molecule has 4 nitrogen and oxygen atoms in total. The number of nitrogens with one attached hydrogen (secondary N) is 1. The van der Waals surface area contributed by atoms with Crippen LogP contribution in [-0.2, 0) is 0 Å². The van der Waals surface area contributed by atoms with Crippen molar-refractivity contribution in [3.63, 3.8) is 0 Å². The topological polar surface area (TPSA) is 50.1 Å². The van der Waals surface area contributed by atoms with Gasteiger partial charge in [0, 0.05) is 23.6 Å². The molecule has 0 unspecified atom stereocenters. The fourth-order valence-electron chi connectivity index (χ4n) is 3.02. The lowest BCUT2D eigenvalue weighted by Crippen LogP contribution is -2.41. The van der Waals surface area contributed by atoms with Crippen LogP contribution < -0.4 is 5.32 Å².